The van der Waals surface area contributed by atoms with Crippen LogP contribution in [0.5, 0.6) is 0 Å². The highest BCUT2D eigenvalue weighted by Crippen LogP contribution is 2.07. The SMILES string of the molecule is C=C/C=C(\C=C)CC(C=O)NC(=O)c1ccccc1. The van der Waals surface area contributed by atoms with Gasteiger partial charge in [-0.2, -0.15) is 0 Å². The second-order valence-electron chi connectivity index (χ2n) is 3.97. The first kappa shape index (κ1) is 14.6. The van der Waals surface area contributed by atoms with E-state index in [2.05, 4.69) is 18.5 Å². The van der Waals surface area contributed by atoms with E-state index in [1.807, 2.05) is 6.07 Å². The molecule has 1 unspecified atom stereocenters. The molecule has 1 N–H and O–H groups in total. The predicted octanol–water partition coefficient (Wildman–Crippen LogP) is 2.67. The molecule has 0 spiro atoms. The third-order valence-electron chi connectivity index (χ3n) is 2.57. The Hall–Kier alpha value is -2.42. The van der Waals surface area contributed by atoms with Gasteiger partial charge in [-0.3, -0.25) is 4.79 Å². The van der Waals surface area contributed by atoms with Crippen LogP contribution in [0.25, 0.3) is 0 Å². The fraction of sp³-hybridized carbons (Fsp3) is 0.125. The summed E-state index contributed by atoms with van der Waals surface area (Å²) in [5, 5.41) is 2.68. The van der Waals surface area contributed by atoms with E-state index >= 15 is 0 Å². The van der Waals surface area contributed by atoms with Crippen LogP contribution in [0.3, 0.4) is 0 Å². The Balaban J connectivity index is 2.70. The van der Waals surface area contributed by atoms with Crippen molar-refractivity contribution in [2.45, 2.75) is 12.5 Å². The second kappa shape index (κ2) is 7.82. The van der Waals surface area contributed by atoms with Crippen molar-refractivity contribution in [1.29, 1.82) is 0 Å². The van der Waals surface area contributed by atoms with Gasteiger partial charge in [-0.25, -0.2) is 0 Å². The lowest BCUT2D eigenvalue weighted by molar-refractivity contribution is -0.109. The number of nitrogens with one attached hydrogen (secondary N) is 1. The first-order valence-electron chi connectivity index (χ1n) is 5.96. The summed E-state index contributed by atoms with van der Waals surface area (Å²) in [7, 11) is 0. The first-order valence-corrected chi connectivity index (χ1v) is 5.96. The minimum atomic E-state index is -0.572. The van der Waals surface area contributed by atoms with Crippen LogP contribution in [0.1, 0.15) is 16.8 Å². The van der Waals surface area contributed by atoms with Crippen LogP contribution in [0.15, 0.2) is 67.3 Å². The fourth-order valence-electron chi connectivity index (χ4n) is 1.60. The summed E-state index contributed by atoms with van der Waals surface area (Å²) < 4.78 is 0. The van der Waals surface area contributed by atoms with Crippen molar-refractivity contribution in [3.63, 3.8) is 0 Å². The van der Waals surface area contributed by atoms with Gasteiger partial charge in [-0.1, -0.05) is 49.6 Å². The van der Waals surface area contributed by atoms with Crippen LogP contribution < -0.4 is 5.32 Å². The quantitative estimate of drug-likeness (QED) is 0.601. The zero-order valence-corrected chi connectivity index (χ0v) is 10.7. The van der Waals surface area contributed by atoms with Crippen LogP contribution in [-0.4, -0.2) is 18.2 Å². The largest absolute Gasteiger partial charge is 0.342 e. The van der Waals surface area contributed by atoms with Crippen molar-refractivity contribution in [3.8, 4) is 0 Å². The Morgan fingerprint density at radius 3 is 2.47 bits per heavy atom. The van der Waals surface area contributed by atoms with Gasteiger partial charge in [-0.15, -0.1) is 0 Å². The summed E-state index contributed by atoms with van der Waals surface area (Å²) in [6, 6.07) is 8.21. The lowest BCUT2D eigenvalue weighted by Gasteiger charge is -2.13. The number of amides is 1. The Kier molecular flexibility index (Phi) is 6.03. The third-order valence-corrected chi connectivity index (χ3v) is 2.57. The molecule has 3 nitrogen and oxygen atoms in total. The third kappa shape index (κ3) is 4.76. The molecule has 1 atom stereocenters. The van der Waals surface area contributed by atoms with Gasteiger partial charge in [0.05, 0.1) is 6.04 Å². The van der Waals surface area contributed by atoms with Crippen molar-refractivity contribution < 1.29 is 9.59 Å². The van der Waals surface area contributed by atoms with Crippen molar-refractivity contribution >= 4 is 12.2 Å². The van der Waals surface area contributed by atoms with Crippen molar-refractivity contribution in [3.05, 3.63) is 72.9 Å². The molecule has 1 amide bonds. The summed E-state index contributed by atoms with van der Waals surface area (Å²) in [5.74, 6) is -0.264. The van der Waals surface area contributed by atoms with Gasteiger partial charge in [0.2, 0.25) is 0 Å². The van der Waals surface area contributed by atoms with Crippen molar-refractivity contribution in [2.75, 3.05) is 0 Å². The van der Waals surface area contributed by atoms with Gasteiger partial charge in [-0.05, 0) is 24.1 Å². The number of allylic oxidation sites excluding steroid dienone is 3. The zero-order valence-electron chi connectivity index (χ0n) is 10.7. The van der Waals surface area contributed by atoms with Gasteiger partial charge >= 0.3 is 0 Å². The highest BCUT2D eigenvalue weighted by Gasteiger charge is 2.13. The smallest absolute Gasteiger partial charge is 0.251 e. The average molecular weight is 255 g/mol. The number of benzene rings is 1. The van der Waals surface area contributed by atoms with Crippen LogP contribution in [0, 0.1) is 0 Å². The summed E-state index contributed by atoms with van der Waals surface area (Å²) >= 11 is 0. The van der Waals surface area contributed by atoms with Crippen LogP contribution in [0.4, 0.5) is 0 Å². The predicted molar refractivity (Wildman–Crippen MR) is 76.9 cm³/mol. The van der Waals surface area contributed by atoms with Crippen LogP contribution >= 0.6 is 0 Å². The monoisotopic (exact) mass is 255 g/mol. The Morgan fingerprint density at radius 1 is 1.26 bits per heavy atom. The van der Waals surface area contributed by atoms with E-state index in [1.165, 1.54) is 0 Å². The molecule has 0 heterocycles. The van der Waals surface area contributed by atoms with Gasteiger partial charge in [0.1, 0.15) is 6.29 Å². The molecule has 0 aromatic heterocycles. The Morgan fingerprint density at radius 2 is 1.95 bits per heavy atom. The molecule has 19 heavy (non-hydrogen) atoms. The summed E-state index contributed by atoms with van der Waals surface area (Å²) in [6.07, 6.45) is 6.15. The summed E-state index contributed by atoms with van der Waals surface area (Å²) in [5.41, 5.74) is 1.38. The molecule has 0 aliphatic carbocycles. The van der Waals surface area contributed by atoms with E-state index in [-0.39, 0.29) is 5.91 Å². The number of aldehydes is 1. The molecular formula is C16H17NO2. The average Bonchev–Trinajstić information content (AvgIpc) is 2.46. The number of hydrogen-bond acceptors (Lipinski definition) is 2. The molecule has 98 valence electrons. The maximum absolute atomic E-state index is 11.9. The van der Waals surface area contributed by atoms with E-state index in [4.69, 9.17) is 0 Å². The number of rotatable bonds is 7. The highest BCUT2D eigenvalue weighted by atomic mass is 16.2. The molecule has 0 saturated heterocycles. The van der Waals surface area contributed by atoms with Crippen LogP contribution in [0.2, 0.25) is 0 Å². The topological polar surface area (TPSA) is 46.2 Å². The highest BCUT2D eigenvalue weighted by molar-refractivity contribution is 5.95. The molecule has 3 heteroatoms. The molecule has 0 aliphatic heterocycles. The normalized spacial score (nSPS) is 12.3. The van der Waals surface area contributed by atoms with Gasteiger partial charge in [0, 0.05) is 5.56 Å². The van der Waals surface area contributed by atoms with E-state index in [9.17, 15) is 9.59 Å². The number of hydrogen-bond donors (Lipinski definition) is 1. The fourth-order valence-corrected chi connectivity index (χ4v) is 1.60. The first-order chi connectivity index (χ1) is 9.21. The minimum absolute atomic E-state index is 0.264. The Bertz CT molecular complexity index is 489. The molecular weight excluding hydrogens is 238 g/mol. The van der Waals surface area contributed by atoms with E-state index in [0.717, 1.165) is 11.9 Å². The minimum Gasteiger partial charge on any atom is -0.342 e. The van der Waals surface area contributed by atoms with E-state index < -0.39 is 6.04 Å². The maximum atomic E-state index is 11.9. The lowest BCUT2D eigenvalue weighted by atomic mass is 10.1. The second-order valence-corrected chi connectivity index (χ2v) is 3.97. The molecule has 0 bridgehead atoms. The molecule has 0 saturated carbocycles. The number of carbonyl (C=O) groups is 2. The molecule has 1 rings (SSSR count). The molecule has 0 aliphatic rings. The van der Waals surface area contributed by atoms with Crippen molar-refractivity contribution in [2.24, 2.45) is 0 Å². The standard InChI is InChI=1S/C16H17NO2/c1-3-8-13(4-2)11-15(12-18)17-16(19)14-9-6-5-7-10-14/h3-10,12,15H,1-2,11H2,(H,17,19)/b13-8+. The molecule has 0 radical (unpaired) electrons. The lowest BCUT2D eigenvalue weighted by Crippen LogP contribution is -2.36. The molecule has 1 aromatic rings. The van der Waals surface area contributed by atoms with Crippen LogP contribution in [-0.2, 0) is 4.79 Å². The zero-order chi connectivity index (χ0) is 14.1. The van der Waals surface area contributed by atoms with Gasteiger partial charge < -0.3 is 10.1 Å². The van der Waals surface area contributed by atoms with Crippen molar-refractivity contribution in [1.82, 2.24) is 5.32 Å². The molecule has 0 fully saturated rings. The van der Waals surface area contributed by atoms with E-state index in [0.29, 0.717) is 12.0 Å². The Labute approximate surface area is 113 Å². The maximum Gasteiger partial charge on any atom is 0.251 e. The molecule has 1 aromatic carbocycles. The summed E-state index contributed by atoms with van der Waals surface area (Å²) in [4.78, 5) is 22.9. The van der Waals surface area contributed by atoms with E-state index in [1.54, 1.807) is 42.5 Å². The van der Waals surface area contributed by atoms with Gasteiger partial charge in [0.15, 0.2) is 0 Å². The van der Waals surface area contributed by atoms with Gasteiger partial charge in [0.25, 0.3) is 5.91 Å². The summed E-state index contributed by atoms with van der Waals surface area (Å²) in [6.45, 7) is 7.25. The number of carbonyl (C=O) groups excluding carboxylic acids is 2.